The van der Waals surface area contributed by atoms with Crippen molar-refractivity contribution in [3.63, 3.8) is 0 Å². The van der Waals surface area contributed by atoms with Gasteiger partial charge in [-0.15, -0.1) is 0 Å². The summed E-state index contributed by atoms with van der Waals surface area (Å²) in [6, 6.07) is 6.67. The molecule has 0 radical (unpaired) electrons. The first-order valence-corrected chi connectivity index (χ1v) is 7.42. The minimum atomic E-state index is -0.945. The zero-order valence-electron chi connectivity index (χ0n) is 12.1. The number of hydrogen-bond acceptors (Lipinski definition) is 3. The van der Waals surface area contributed by atoms with E-state index in [-0.39, 0.29) is 5.91 Å². The molecule has 0 bridgehead atoms. The van der Waals surface area contributed by atoms with Gasteiger partial charge in [-0.3, -0.25) is 9.69 Å². The van der Waals surface area contributed by atoms with Gasteiger partial charge < -0.3 is 10.4 Å². The van der Waals surface area contributed by atoms with Gasteiger partial charge in [-0.2, -0.15) is 0 Å². The number of nitrogens with one attached hydrogen (secondary N) is 1. The molecule has 0 saturated carbocycles. The quantitative estimate of drug-likeness (QED) is 0.866. The number of aliphatic carboxylic acids is 1. The summed E-state index contributed by atoms with van der Waals surface area (Å²) < 4.78 is 0. The normalized spacial score (nSPS) is 28.2. The molecule has 2 aliphatic heterocycles. The van der Waals surface area contributed by atoms with Crippen LogP contribution in [0.2, 0.25) is 0 Å². The van der Waals surface area contributed by atoms with Crippen molar-refractivity contribution in [3.05, 3.63) is 29.8 Å². The number of hydrogen-bond donors (Lipinski definition) is 2. The first-order chi connectivity index (χ1) is 10.0. The molecule has 1 amide bonds. The van der Waals surface area contributed by atoms with E-state index in [1.165, 1.54) is 4.90 Å². The number of piperidine rings is 1. The summed E-state index contributed by atoms with van der Waals surface area (Å²) in [6.45, 7) is 2.68. The Labute approximate surface area is 123 Å². The van der Waals surface area contributed by atoms with E-state index in [2.05, 4.69) is 5.32 Å². The Balaban J connectivity index is 1.97. The van der Waals surface area contributed by atoms with Crippen molar-refractivity contribution in [2.45, 2.75) is 44.2 Å². The topological polar surface area (TPSA) is 69.6 Å². The van der Waals surface area contributed by atoms with Crippen molar-refractivity contribution < 1.29 is 14.7 Å². The Morgan fingerprint density at radius 1 is 1.33 bits per heavy atom. The highest BCUT2D eigenvalue weighted by Crippen LogP contribution is 2.35. The Morgan fingerprint density at radius 3 is 2.76 bits per heavy atom. The zero-order chi connectivity index (χ0) is 15.0. The molecular weight excluding hydrogens is 268 g/mol. The van der Waals surface area contributed by atoms with E-state index in [1.54, 1.807) is 0 Å². The van der Waals surface area contributed by atoms with Gasteiger partial charge in [0.2, 0.25) is 5.91 Å². The Bertz CT molecular complexity index is 579. The smallest absolute Gasteiger partial charge is 0.327 e. The number of rotatable bonds is 2. The van der Waals surface area contributed by atoms with E-state index in [0.29, 0.717) is 6.42 Å². The van der Waals surface area contributed by atoms with Crippen LogP contribution in [-0.4, -0.2) is 35.1 Å². The Kier molecular flexibility index (Phi) is 3.45. The van der Waals surface area contributed by atoms with Gasteiger partial charge in [-0.25, -0.2) is 4.79 Å². The van der Waals surface area contributed by atoms with E-state index >= 15 is 0 Å². The van der Waals surface area contributed by atoms with E-state index in [9.17, 15) is 14.7 Å². The summed E-state index contributed by atoms with van der Waals surface area (Å²) in [4.78, 5) is 26.0. The maximum atomic E-state index is 13.0. The molecule has 3 rings (SSSR count). The standard InChI is InChI=1S/C16H20N2O3/c1-16(8-4-5-9-17-16)15(21)18-12-7-3-2-6-11(12)10-13(18)14(19)20/h2-3,6-7,13,17H,4-5,8-10H2,1H3,(H,19,20). The summed E-state index contributed by atoms with van der Waals surface area (Å²) in [5.41, 5.74) is 1.00. The third kappa shape index (κ3) is 2.31. The van der Waals surface area contributed by atoms with Crippen molar-refractivity contribution in [1.82, 2.24) is 5.32 Å². The van der Waals surface area contributed by atoms with Crippen molar-refractivity contribution in [1.29, 1.82) is 0 Å². The monoisotopic (exact) mass is 288 g/mol. The molecule has 1 saturated heterocycles. The number of carbonyl (C=O) groups excluding carboxylic acids is 1. The average molecular weight is 288 g/mol. The molecule has 2 aliphatic rings. The lowest BCUT2D eigenvalue weighted by Crippen LogP contribution is -2.60. The van der Waals surface area contributed by atoms with Crippen LogP contribution in [0.5, 0.6) is 0 Å². The third-order valence-corrected chi connectivity index (χ3v) is 4.57. The molecule has 0 spiro atoms. The van der Waals surface area contributed by atoms with Crippen LogP contribution in [0.4, 0.5) is 5.69 Å². The first-order valence-electron chi connectivity index (χ1n) is 7.42. The molecule has 0 aromatic heterocycles. The minimum Gasteiger partial charge on any atom is -0.480 e. The van der Waals surface area contributed by atoms with Crippen molar-refractivity contribution >= 4 is 17.6 Å². The zero-order valence-corrected chi connectivity index (χ0v) is 12.1. The second-order valence-corrected chi connectivity index (χ2v) is 6.08. The molecule has 21 heavy (non-hydrogen) atoms. The van der Waals surface area contributed by atoms with Crippen LogP contribution >= 0.6 is 0 Å². The lowest BCUT2D eigenvalue weighted by Gasteiger charge is -2.38. The number of benzene rings is 1. The number of carboxylic acid groups (broad SMARTS) is 1. The summed E-state index contributed by atoms with van der Waals surface area (Å²) >= 11 is 0. The van der Waals surface area contributed by atoms with Gasteiger partial charge in [0.15, 0.2) is 0 Å². The van der Waals surface area contributed by atoms with Crippen LogP contribution in [0.25, 0.3) is 0 Å². The maximum absolute atomic E-state index is 13.0. The van der Waals surface area contributed by atoms with Crippen LogP contribution in [0.15, 0.2) is 24.3 Å². The van der Waals surface area contributed by atoms with Gasteiger partial charge in [0.05, 0.1) is 5.54 Å². The molecule has 5 heteroatoms. The van der Waals surface area contributed by atoms with E-state index in [4.69, 9.17) is 0 Å². The maximum Gasteiger partial charge on any atom is 0.327 e. The Hall–Kier alpha value is -1.88. The van der Waals surface area contributed by atoms with E-state index in [0.717, 1.165) is 37.1 Å². The number of para-hydroxylation sites is 1. The van der Waals surface area contributed by atoms with Crippen molar-refractivity contribution in [2.24, 2.45) is 0 Å². The van der Waals surface area contributed by atoms with Crippen LogP contribution in [0.1, 0.15) is 31.7 Å². The van der Waals surface area contributed by atoms with Crippen molar-refractivity contribution in [2.75, 3.05) is 11.4 Å². The summed E-state index contributed by atoms with van der Waals surface area (Å²) in [5, 5.41) is 12.8. The van der Waals surface area contributed by atoms with Gasteiger partial charge in [-0.1, -0.05) is 18.2 Å². The van der Waals surface area contributed by atoms with Crippen LogP contribution in [-0.2, 0) is 16.0 Å². The largest absolute Gasteiger partial charge is 0.480 e. The van der Waals surface area contributed by atoms with E-state index < -0.39 is 17.6 Å². The number of anilines is 1. The molecule has 0 aliphatic carbocycles. The second-order valence-electron chi connectivity index (χ2n) is 6.08. The SMILES string of the molecule is CC1(C(=O)N2c3ccccc3CC2C(=O)O)CCCCN1. The van der Waals surface area contributed by atoms with Crippen molar-refractivity contribution in [3.8, 4) is 0 Å². The molecule has 2 atom stereocenters. The fourth-order valence-corrected chi connectivity index (χ4v) is 3.34. The van der Waals surface area contributed by atoms with Crippen LogP contribution < -0.4 is 10.2 Å². The summed E-state index contributed by atoms with van der Waals surface area (Å²) in [7, 11) is 0. The highest BCUT2D eigenvalue weighted by molar-refractivity contribution is 6.06. The van der Waals surface area contributed by atoms with Gasteiger partial charge in [-0.05, 0) is 44.4 Å². The molecule has 1 fully saturated rings. The highest BCUT2D eigenvalue weighted by atomic mass is 16.4. The summed E-state index contributed by atoms with van der Waals surface area (Å²) in [6.07, 6.45) is 3.18. The van der Waals surface area contributed by atoms with Gasteiger partial charge in [0.1, 0.15) is 6.04 Å². The predicted octanol–water partition coefficient (Wildman–Crippen LogP) is 1.56. The van der Waals surface area contributed by atoms with Gasteiger partial charge in [0.25, 0.3) is 0 Å². The van der Waals surface area contributed by atoms with Gasteiger partial charge in [0, 0.05) is 12.1 Å². The molecule has 1 aromatic rings. The highest BCUT2D eigenvalue weighted by Gasteiger charge is 2.45. The predicted molar refractivity (Wildman–Crippen MR) is 79.3 cm³/mol. The number of fused-ring (bicyclic) bond motifs is 1. The molecule has 2 unspecified atom stereocenters. The summed E-state index contributed by atoms with van der Waals surface area (Å²) in [5.74, 6) is -1.07. The lowest BCUT2D eigenvalue weighted by molar-refractivity contribution is -0.140. The third-order valence-electron chi connectivity index (χ3n) is 4.57. The minimum absolute atomic E-state index is 0.125. The molecule has 112 valence electrons. The number of carbonyl (C=O) groups is 2. The lowest BCUT2D eigenvalue weighted by atomic mass is 9.89. The molecule has 2 N–H and O–H groups in total. The number of nitrogens with zero attached hydrogens (tertiary/aromatic N) is 1. The van der Waals surface area contributed by atoms with E-state index in [1.807, 2.05) is 31.2 Å². The second kappa shape index (κ2) is 5.15. The number of amides is 1. The molecular formula is C16H20N2O3. The van der Waals surface area contributed by atoms with Crippen LogP contribution in [0, 0.1) is 0 Å². The number of carboxylic acids is 1. The average Bonchev–Trinajstić information content (AvgIpc) is 2.86. The Morgan fingerprint density at radius 2 is 2.10 bits per heavy atom. The fourth-order valence-electron chi connectivity index (χ4n) is 3.34. The van der Waals surface area contributed by atoms with Gasteiger partial charge >= 0.3 is 5.97 Å². The molecule has 2 heterocycles. The molecule has 5 nitrogen and oxygen atoms in total. The molecule has 1 aromatic carbocycles. The fraction of sp³-hybridized carbons (Fsp3) is 0.500. The first kappa shape index (κ1) is 14.1. The van der Waals surface area contributed by atoms with Crippen LogP contribution in [0.3, 0.4) is 0 Å².